The fourth-order valence-electron chi connectivity index (χ4n) is 2.45. The van der Waals surface area contributed by atoms with E-state index in [1.807, 2.05) is 32.0 Å². The van der Waals surface area contributed by atoms with Crippen LogP contribution in [0.3, 0.4) is 0 Å². The summed E-state index contributed by atoms with van der Waals surface area (Å²) in [6, 6.07) is 5.30. The third-order valence-corrected chi connectivity index (χ3v) is 3.95. The maximum atomic E-state index is 12.0. The first-order valence-corrected chi connectivity index (χ1v) is 7.81. The Morgan fingerprint density at radius 3 is 2.65 bits per heavy atom. The summed E-state index contributed by atoms with van der Waals surface area (Å²) in [6.07, 6.45) is 1.32. The number of amides is 1. The van der Waals surface area contributed by atoms with Crippen LogP contribution in [0.25, 0.3) is 0 Å². The molecule has 23 heavy (non-hydrogen) atoms. The molecule has 1 aliphatic carbocycles. The lowest BCUT2D eigenvalue weighted by Gasteiger charge is -2.17. The van der Waals surface area contributed by atoms with Gasteiger partial charge in [0.25, 0.3) is 0 Å². The molecule has 1 aromatic rings. The Morgan fingerprint density at radius 2 is 2.09 bits per heavy atom. The van der Waals surface area contributed by atoms with Crippen LogP contribution in [0, 0.1) is 11.8 Å². The minimum atomic E-state index is -0.906. The van der Waals surface area contributed by atoms with E-state index in [4.69, 9.17) is 14.6 Å². The minimum absolute atomic E-state index is 0.213. The molecular formula is C17H23NO5. The van der Waals surface area contributed by atoms with Crippen LogP contribution in [-0.2, 0) is 9.59 Å². The van der Waals surface area contributed by atoms with Gasteiger partial charge in [-0.3, -0.25) is 9.59 Å². The molecular weight excluding hydrogens is 298 g/mol. The number of carboxylic acid groups (broad SMARTS) is 1. The van der Waals surface area contributed by atoms with E-state index in [0.29, 0.717) is 24.5 Å². The number of aliphatic carboxylic acids is 1. The summed E-state index contributed by atoms with van der Waals surface area (Å²) >= 11 is 0. The summed E-state index contributed by atoms with van der Waals surface area (Å²) in [5, 5.41) is 11.7. The quantitative estimate of drug-likeness (QED) is 0.768. The van der Waals surface area contributed by atoms with Gasteiger partial charge in [-0.2, -0.15) is 0 Å². The van der Waals surface area contributed by atoms with Crippen molar-refractivity contribution in [1.82, 2.24) is 5.32 Å². The second-order valence-corrected chi connectivity index (χ2v) is 5.78. The first-order chi connectivity index (χ1) is 11.0. The Hall–Kier alpha value is -2.24. The number of hydrogen-bond acceptors (Lipinski definition) is 4. The van der Waals surface area contributed by atoms with Gasteiger partial charge in [-0.1, -0.05) is 13.0 Å². The third kappa shape index (κ3) is 4.15. The summed E-state index contributed by atoms with van der Waals surface area (Å²) in [6.45, 7) is 4.50. The maximum absolute atomic E-state index is 12.0. The molecule has 6 nitrogen and oxygen atoms in total. The number of rotatable bonds is 8. The van der Waals surface area contributed by atoms with Gasteiger partial charge in [-0.25, -0.2) is 0 Å². The van der Waals surface area contributed by atoms with Crippen molar-refractivity contribution >= 4 is 11.9 Å². The van der Waals surface area contributed by atoms with Gasteiger partial charge in [0.05, 0.1) is 31.6 Å². The van der Waals surface area contributed by atoms with Crippen LogP contribution in [0.2, 0.25) is 0 Å². The summed E-state index contributed by atoms with van der Waals surface area (Å²) in [5.74, 6) is -0.783. The topological polar surface area (TPSA) is 84.9 Å². The number of methoxy groups -OCH3 is 1. The second-order valence-electron chi connectivity index (χ2n) is 5.78. The molecule has 1 aliphatic rings. The fourth-order valence-corrected chi connectivity index (χ4v) is 2.45. The van der Waals surface area contributed by atoms with Crippen LogP contribution in [0.15, 0.2) is 18.2 Å². The average Bonchev–Trinajstić information content (AvgIpc) is 3.33. The molecule has 0 aliphatic heterocycles. The van der Waals surface area contributed by atoms with Crippen molar-refractivity contribution in [2.75, 3.05) is 13.7 Å². The second kappa shape index (κ2) is 7.35. The number of hydrogen-bond donors (Lipinski definition) is 2. The summed E-state index contributed by atoms with van der Waals surface area (Å²) in [4.78, 5) is 22.9. The van der Waals surface area contributed by atoms with E-state index >= 15 is 0 Å². The zero-order chi connectivity index (χ0) is 17.0. The molecule has 6 heteroatoms. The van der Waals surface area contributed by atoms with E-state index in [1.165, 1.54) is 0 Å². The van der Waals surface area contributed by atoms with Crippen LogP contribution in [-0.4, -0.2) is 30.7 Å². The lowest BCUT2D eigenvalue weighted by atomic mass is 10.1. The first kappa shape index (κ1) is 17.1. The third-order valence-electron chi connectivity index (χ3n) is 3.95. The number of benzene rings is 1. The number of ether oxygens (including phenoxy) is 2. The normalized spacial score (nSPS) is 20.5. The Morgan fingerprint density at radius 1 is 1.35 bits per heavy atom. The highest BCUT2D eigenvalue weighted by atomic mass is 16.5. The molecule has 0 bridgehead atoms. The van der Waals surface area contributed by atoms with Gasteiger partial charge >= 0.3 is 5.97 Å². The molecule has 2 rings (SSSR count). The highest BCUT2D eigenvalue weighted by Crippen LogP contribution is 2.39. The average molecular weight is 321 g/mol. The maximum Gasteiger partial charge on any atom is 0.307 e. The van der Waals surface area contributed by atoms with Gasteiger partial charge < -0.3 is 19.9 Å². The smallest absolute Gasteiger partial charge is 0.307 e. The Labute approximate surface area is 135 Å². The van der Waals surface area contributed by atoms with E-state index in [-0.39, 0.29) is 11.9 Å². The zero-order valence-corrected chi connectivity index (χ0v) is 13.7. The molecule has 3 atom stereocenters. The lowest BCUT2D eigenvalue weighted by Crippen LogP contribution is -2.29. The van der Waals surface area contributed by atoms with Crippen molar-refractivity contribution in [1.29, 1.82) is 0 Å². The van der Waals surface area contributed by atoms with Crippen LogP contribution < -0.4 is 14.8 Å². The van der Waals surface area contributed by atoms with E-state index in [1.54, 1.807) is 7.11 Å². The SMILES string of the molecule is CCCOc1ccc([C@H](C)NC(=O)[C@H]2C[C@H]2C(=O)O)cc1OC. The highest BCUT2D eigenvalue weighted by Gasteiger charge is 2.48. The van der Waals surface area contributed by atoms with Crippen molar-refractivity contribution in [3.05, 3.63) is 23.8 Å². The first-order valence-electron chi connectivity index (χ1n) is 7.81. The van der Waals surface area contributed by atoms with Crippen molar-refractivity contribution in [3.63, 3.8) is 0 Å². The molecule has 1 saturated carbocycles. The number of nitrogens with one attached hydrogen (secondary N) is 1. The molecule has 0 radical (unpaired) electrons. The number of carboxylic acids is 1. The van der Waals surface area contributed by atoms with Crippen LogP contribution in [0.4, 0.5) is 0 Å². The Bertz CT molecular complexity index is 586. The van der Waals surface area contributed by atoms with Gasteiger partial charge in [0.1, 0.15) is 0 Å². The predicted octanol–water partition coefficient (Wildman–Crippen LogP) is 2.38. The largest absolute Gasteiger partial charge is 0.493 e. The standard InChI is InChI=1S/C17H23NO5/c1-4-7-23-14-6-5-11(8-15(14)22-3)10(2)18-16(19)12-9-13(12)17(20)21/h5-6,8,10,12-13H,4,7,9H2,1-3H3,(H,18,19)(H,20,21)/t10-,12-,13+/m0/s1. The zero-order valence-electron chi connectivity index (χ0n) is 13.7. The lowest BCUT2D eigenvalue weighted by molar-refractivity contribution is -0.140. The summed E-state index contributed by atoms with van der Waals surface area (Å²) < 4.78 is 10.9. The molecule has 1 amide bonds. The van der Waals surface area contributed by atoms with Crippen molar-refractivity contribution in [2.24, 2.45) is 11.8 Å². The van der Waals surface area contributed by atoms with Crippen LogP contribution >= 0.6 is 0 Å². The van der Waals surface area contributed by atoms with E-state index < -0.39 is 17.8 Å². The number of carbonyl (C=O) groups is 2. The van der Waals surface area contributed by atoms with Crippen molar-refractivity contribution < 1.29 is 24.2 Å². The summed E-state index contributed by atoms with van der Waals surface area (Å²) in [7, 11) is 1.57. The Balaban J connectivity index is 2.00. The predicted molar refractivity (Wildman–Crippen MR) is 84.6 cm³/mol. The van der Waals surface area contributed by atoms with Gasteiger partial charge in [0.15, 0.2) is 11.5 Å². The molecule has 0 aromatic heterocycles. The highest BCUT2D eigenvalue weighted by molar-refractivity contribution is 5.89. The molecule has 1 aromatic carbocycles. The molecule has 0 saturated heterocycles. The van der Waals surface area contributed by atoms with E-state index in [2.05, 4.69) is 5.32 Å². The number of carbonyl (C=O) groups excluding carboxylic acids is 1. The molecule has 0 spiro atoms. The minimum Gasteiger partial charge on any atom is -0.493 e. The Kier molecular flexibility index (Phi) is 5.47. The van der Waals surface area contributed by atoms with Crippen LogP contribution in [0.5, 0.6) is 11.5 Å². The van der Waals surface area contributed by atoms with Crippen LogP contribution in [0.1, 0.15) is 38.3 Å². The molecule has 2 N–H and O–H groups in total. The van der Waals surface area contributed by atoms with E-state index in [9.17, 15) is 9.59 Å². The van der Waals surface area contributed by atoms with Gasteiger partial charge in [0.2, 0.25) is 5.91 Å². The summed E-state index contributed by atoms with van der Waals surface area (Å²) in [5.41, 5.74) is 0.881. The van der Waals surface area contributed by atoms with E-state index in [0.717, 1.165) is 12.0 Å². The molecule has 0 unspecified atom stereocenters. The van der Waals surface area contributed by atoms with Crippen molar-refractivity contribution in [2.45, 2.75) is 32.7 Å². The van der Waals surface area contributed by atoms with Gasteiger partial charge in [-0.15, -0.1) is 0 Å². The molecule has 1 fully saturated rings. The van der Waals surface area contributed by atoms with Gasteiger partial charge in [-0.05, 0) is 37.5 Å². The molecule has 126 valence electrons. The molecule has 0 heterocycles. The monoisotopic (exact) mass is 321 g/mol. The fraction of sp³-hybridized carbons (Fsp3) is 0.529. The van der Waals surface area contributed by atoms with Crippen molar-refractivity contribution in [3.8, 4) is 11.5 Å². The van der Waals surface area contributed by atoms with Gasteiger partial charge in [0, 0.05) is 0 Å².